The van der Waals surface area contributed by atoms with Crippen LogP contribution in [-0.4, -0.2) is 30.6 Å². The van der Waals surface area contributed by atoms with E-state index < -0.39 is 0 Å². The van der Waals surface area contributed by atoms with Gasteiger partial charge in [-0.05, 0) is 49.9 Å². The average Bonchev–Trinajstić information content (AvgIpc) is 3.01. The van der Waals surface area contributed by atoms with Gasteiger partial charge in [-0.2, -0.15) is 0 Å². The number of nitrogens with zero attached hydrogens (tertiary/aromatic N) is 1. The predicted octanol–water partition coefficient (Wildman–Crippen LogP) is 3.02. The van der Waals surface area contributed by atoms with Crippen LogP contribution < -0.4 is 5.73 Å². The maximum atomic E-state index is 5.84. The fourth-order valence-electron chi connectivity index (χ4n) is 4.94. The number of fused-ring (bicyclic) bond motifs is 2. The summed E-state index contributed by atoms with van der Waals surface area (Å²) < 4.78 is 0. The molecule has 0 radical (unpaired) electrons. The van der Waals surface area contributed by atoms with Crippen LogP contribution in [-0.2, 0) is 0 Å². The van der Waals surface area contributed by atoms with Crippen molar-refractivity contribution in [2.75, 3.05) is 19.6 Å². The van der Waals surface area contributed by atoms with Crippen molar-refractivity contribution in [2.24, 2.45) is 23.5 Å². The monoisotopic (exact) mass is 250 g/mol. The first-order chi connectivity index (χ1) is 8.86. The van der Waals surface area contributed by atoms with Gasteiger partial charge in [-0.15, -0.1) is 0 Å². The molecule has 0 aromatic heterocycles. The molecule has 3 unspecified atom stereocenters. The van der Waals surface area contributed by atoms with Crippen molar-refractivity contribution < 1.29 is 0 Å². The van der Waals surface area contributed by atoms with Crippen LogP contribution in [0.5, 0.6) is 0 Å². The molecule has 3 saturated carbocycles. The molecule has 2 heteroatoms. The molecule has 3 aliphatic carbocycles. The minimum atomic E-state index is 0.845. The summed E-state index contributed by atoms with van der Waals surface area (Å²) in [5, 5.41) is 0. The lowest BCUT2D eigenvalue weighted by Crippen LogP contribution is -2.43. The smallest absolute Gasteiger partial charge is 0.0108 e. The average molecular weight is 250 g/mol. The second-order valence-corrected chi connectivity index (χ2v) is 7.01. The molecule has 3 aliphatic rings. The maximum absolute atomic E-state index is 5.84. The first-order valence-electron chi connectivity index (χ1n) is 8.31. The molecule has 0 aromatic carbocycles. The van der Waals surface area contributed by atoms with Gasteiger partial charge < -0.3 is 5.73 Å². The van der Waals surface area contributed by atoms with Crippen LogP contribution in [0, 0.1) is 17.8 Å². The zero-order chi connectivity index (χ0) is 12.4. The fourth-order valence-corrected chi connectivity index (χ4v) is 4.94. The van der Waals surface area contributed by atoms with E-state index in [0.29, 0.717) is 0 Å². The highest BCUT2D eigenvalue weighted by atomic mass is 15.2. The second kappa shape index (κ2) is 5.92. The highest BCUT2D eigenvalue weighted by molar-refractivity contribution is 4.92. The third kappa shape index (κ3) is 2.75. The summed E-state index contributed by atoms with van der Waals surface area (Å²) in [5.41, 5.74) is 5.84. The molecule has 0 heterocycles. The van der Waals surface area contributed by atoms with Gasteiger partial charge in [0.2, 0.25) is 0 Å². The molecule has 104 valence electrons. The van der Waals surface area contributed by atoms with Crippen molar-refractivity contribution in [2.45, 2.75) is 63.8 Å². The van der Waals surface area contributed by atoms with Gasteiger partial charge in [0.15, 0.2) is 0 Å². The topological polar surface area (TPSA) is 29.3 Å². The van der Waals surface area contributed by atoms with E-state index in [1.54, 1.807) is 6.42 Å². The molecule has 2 N–H and O–H groups in total. The van der Waals surface area contributed by atoms with E-state index in [1.807, 2.05) is 0 Å². The lowest BCUT2D eigenvalue weighted by molar-refractivity contribution is 0.118. The Morgan fingerprint density at radius 1 is 0.944 bits per heavy atom. The van der Waals surface area contributed by atoms with Gasteiger partial charge in [0.05, 0.1) is 0 Å². The van der Waals surface area contributed by atoms with E-state index in [-0.39, 0.29) is 0 Å². The molecule has 18 heavy (non-hydrogen) atoms. The summed E-state index contributed by atoms with van der Waals surface area (Å²) in [6, 6.07) is 0.862. The quantitative estimate of drug-likeness (QED) is 0.812. The standard InChI is InChI=1S/C16H30N2/c17-8-9-18(16-4-2-1-3-5-16)12-15-11-13-6-7-14(15)10-13/h13-16H,1-12,17H2. The van der Waals surface area contributed by atoms with Crippen molar-refractivity contribution in [3.63, 3.8) is 0 Å². The first kappa shape index (κ1) is 12.9. The molecule has 0 amide bonds. The SMILES string of the molecule is NCCN(CC1CC2CCC1C2)C1CCCCC1. The summed E-state index contributed by atoms with van der Waals surface area (Å²) in [4.78, 5) is 2.77. The number of hydrogen-bond acceptors (Lipinski definition) is 2. The molecule has 2 nitrogen and oxygen atoms in total. The van der Waals surface area contributed by atoms with Crippen LogP contribution in [0.15, 0.2) is 0 Å². The summed E-state index contributed by atoms with van der Waals surface area (Å²) >= 11 is 0. The zero-order valence-electron chi connectivity index (χ0n) is 11.8. The van der Waals surface area contributed by atoms with Crippen LogP contribution in [0.1, 0.15) is 57.8 Å². The van der Waals surface area contributed by atoms with Gasteiger partial charge in [0.1, 0.15) is 0 Å². The van der Waals surface area contributed by atoms with Gasteiger partial charge in [0, 0.05) is 25.7 Å². The largest absolute Gasteiger partial charge is 0.329 e. The highest BCUT2D eigenvalue weighted by Gasteiger charge is 2.40. The van der Waals surface area contributed by atoms with Crippen molar-refractivity contribution in [1.82, 2.24) is 4.90 Å². The molecule has 0 spiro atoms. The van der Waals surface area contributed by atoms with E-state index >= 15 is 0 Å². The van der Waals surface area contributed by atoms with E-state index in [9.17, 15) is 0 Å². The Kier molecular flexibility index (Phi) is 4.25. The highest BCUT2D eigenvalue weighted by Crippen LogP contribution is 2.48. The molecular formula is C16H30N2. The molecular weight excluding hydrogens is 220 g/mol. The number of rotatable bonds is 5. The lowest BCUT2D eigenvalue weighted by atomic mass is 9.87. The third-order valence-corrected chi connectivity index (χ3v) is 5.86. The van der Waals surface area contributed by atoms with E-state index in [0.717, 1.165) is 36.9 Å². The second-order valence-electron chi connectivity index (χ2n) is 7.01. The summed E-state index contributed by atoms with van der Waals surface area (Å²) in [6.45, 7) is 3.35. The van der Waals surface area contributed by atoms with Crippen LogP contribution in [0.25, 0.3) is 0 Å². The van der Waals surface area contributed by atoms with E-state index in [2.05, 4.69) is 4.90 Å². The normalized spacial score (nSPS) is 36.7. The lowest BCUT2D eigenvalue weighted by Gasteiger charge is -2.37. The van der Waals surface area contributed by atoms with Crippen LogP contribution in [0.3, 0.4) is 0 Å². The molecule has 3 fully saturated rings. The van der Waals surface area contributed by atoms with Crippen molar-refractivity contribution in [3.05, 3.63) is 0 Å². The molecule has 3 rings (SSSR count). The van der Waals surface area contributed by atoms with Crippen LogP contribution >= 0.6 is 0 Å². The molecule has 0 aromatic rings. The zero-order valence-corrected chi connectivity index (χ0v) is 11.8. The Labute approximate surface area is 112 Å². The Morgan fingerprint density at radius 3 is 2.39 bits per heavy atom. The number of hydrogen-bond donors (Lipinski definition) is 1. The Bertz CT molecular complexity index is 260. The first-order valence-corrected chi connectivity index (χ1v) is 8.31. The minimum absolute atomic E-state index is 0.845. The molecule has 3 atom stereocenters. The number of nitrogens with two attached hydrogens (primary N) is 1. The molecule has 0 saturated heterocycles. The van der Waals surface area contributed by atoms with E-state index in [1.165, 1.54) is 57.9 Å². The summed E-state index contributed by atoms with van der Waals surface area (Å²) in [7, 11) is 0. The van der Waals surface area contributed by atoms with Crippen molar-refractivity contribution in [3.8, 4) is 0 Å². The predicted molar refractivity (Wildman–Crippen MR) is 76.4 cm³/mol. The van der Waals surface area contributed by atoms with E-state index in [4.69, 9.17) is 5.73 Å². The Morgan fingerprint density at radius 2 is 1.78 bits per heavy atom. The molecule has 2 bridgehead atoms. The van der Waals surface area contributed by atoms with Gasteiger partial charge in [-0.1, -0.05) is 25.7 Å². The summed E-state index contributed by atoms with van der Waals surface area (Å²) in [6.07, 6.45) is 13.3. The van der Waals surface area contributed by atoms with Gasteiger partial charge >= 0.3 is 0 Å². The van der Waals surface area contributed by atoms with Crippen molar-refractivity contribution in [1.29, 1.82) is 0 Å². The van der Waals surface area contributed by atoms with Gasteiger partial charge in [0.25, 0.3) is 0 Å². The summed E-state index contributed by atoms with van der Waals surface area (Å²) in [5.74, 6) is 3.17. The third-order valence-electron chi connectivity index (χ3n) is 5.86. The maximum Gasteiger partial charge on any atom is 0.0108 e. The van der Waals surface area contributed by atoms with Crippen molar-refractivity contribution >= 4 is 0 Å². The molecule has 0 aliphatic heterocycles. The minimum Gasteiger partial charge on any atom is -0.329 e. The van der Waals surface area contributed by atoms with Crippen LogP contribution in [0.2, 0.25) is 0 Å². The Balaban J connectivity index is 1.55. The van der Waals surface area contributed by atoms with Gasteiger partial charge in [-0.25, -0.2) is 0 Å². The van der Waals surface area contributed by atoms with Crippen LogP contribution in [0.4, 0.5) is 0 Å². The fraction of sp³-hybridized carbons (Fsp3) is 1.00. The van der Waals surface area contributed by atoms with Gasteiger partial charge in [-0.3, -0.25) is 4.90 Å². The Hall–Kier alpha value is -0.0800.